The van der Waals surface area contributed by atoms with Crippen molar-refractivity contribution in [1.29, 1.82) is 0 Å². The van der Waals surface area contributed by atoms with Gasteiger partial charge in [0.15, 0.2) is 0 Å². The van der Waals surface area contributed by atoms with E-state index < -0.39 is 11.2 Å². The number of carbonyl (C=O) groups excluding carboxylic acids is 1. The lowest BCUT2D eigenvalue weighted by molar-refractivity contribution is -0.131. The van der Waals surface area contributed by atoms with E-state index in [9.17, 15) is 18.8 Å². The number of benzene rings is 1. The van der Waals surface area contributed by atoms with E-state index in [4.69, 9.17) is 4.74 Å². The van der Waals surface area contributed by atoms with E-state index in [1.165, 1.54) is 18.3 Å². The first-order valence-electron chi connectivity index (χ1n) is 9.74. The van der Waals surface area contributed by atoms with Gasteiger partial charge in [-0.15, -0.1) is 0 Å². The van der Waals surface area contributed by atoms with Crippen molar-refractivity contribution in [2.24, 2.45) is 0 Å². The van der Waals surface area contributed by atoms with Crippen molar-refractivity contribution >= 4 is 5.91 Å². The fourth-order valence-corrected chi connectivity index (χ4v) is 4.31. The lowest BCUT2D eigenvalue weighted by Gasteiger charge is -2.25. The number of ether oxygens (including phenoxy) is 1. The largest absolute Gasteiger partial charge is 0.492 e. The third kappa shape index (κ3) is 4.24. The summed E-state index contributed by atoms with van der Waals surface area (Å²) in [6.07, 6.45) is 3.05. The van der Waals surface area contributed by atoms with E-state index in [0.717, 1.165) is 25.9 Å². The summed E-state index contributed by atoms with van der Waals surface area (Å²) in [6.45, 7) is 2.77. The molecule has 2 aliphatic rings. The van der Waals surface area contributed by atoms with Gasteiger partial charge in [0, 0.05) is 43.5 Å². The van der Waals surface area contributed by atoms with Crippen molar-refractivity contribution in [2.45, 2.75) is 31.3 Å². The number of fused-ring (bicyclic) bond motifs is 1. The van der Waals surface area contributed by atoms with Gasteiger partial charge in [0.05, 0.1) is 6.42 Å². The maximum absolute atomic E-state index is 13.0. The van der Waals surface area contributed by atoms with Crippen LogP contribution in [-0.4, -0.2) is 64.0 Å². The summed E-state index contributed by atoms with van der Waals surface area (Å²) in [4.78, 5) is 44.4. The van der Waals surface area contributed by atoms with Crippen molar-refractivity contribution in [3.63, 3.8) is 0 Å². The molecule has 0 radical (unpaired) electrons. The Morgan fingerprint density at radius 2 is 1.90 bits per heavy atom. The topological polar surface area (TPSA) is 98.5 Å². The Morgan fingerprint density at radius 3 is 2.66 bits per heavy atom. The smallest absolute Gasteiger partial charge is 0.325 e. The molecule has 1 aromatic heterocycles. The van der Waals surface area contributed by atoms with Gasteiger partial charge in [0.2, 0.25) is 5.91 Å². The highest BCUT2D eigenvalue weighted by Gasteiger charge is 2.43. The second kappa shape index (κ2) is 8.20. The Kier molecular flexibility index (Phi) is 5.48. The number of aromatic nitrogens is 2. The van der Waals surface area contributed by atoms with E-state index in [0.29, 0.717) is 18.9 Å². The lowest BCUT2D eigenvalue weighted by Crippen LogP contribution is -2.41. The highest BCUT2D eigenvalue weighted by Crippen LogP contribution is 2.31. The first kappa shape index (κ1) is 19.4. The molecule has 8 nitrogen and oxygen atoms in total. The number of nitrogens with zero attached hydrogens (tertiary/aromatic N) is 2. The second-order valence-electron chi connectivity index (χ2n) is 7.41. The average Bonchev–Trinajstić information content (AvgIpc) is 3.28. The fraction of sp³-hybridized carbons (Fsp3) is 0.450. The second-order valence-corrected chi connectivity index (χ2v) is 7.41. The average molecular weight is 402 g/mol. The summed E-state index contributed by atoms with van der Waals surface area (Å²) in [5, 5.41) is 0. The number of hydrogen-bond acceptors (Lipinski definition) is 5. The minimum atomic E-state index is -0.582. The van der Waals surface area contributed by atoms with Crippen LogP contribution in [0.3, 0.4) is 0 Å². The molecule has 2 aliphatic heterocycles. The summed E-state index contributed by atoms with van der Waals surface area (Å²) in [7, 11) is 0. The predicted octanol–water partition coefficient (Wildman–Crippen LogP) is 0.499. The zero-order chi connectivity index (χ0) is 20.4. The van der Waals surface area contributed by atoms with Gasteiger partial charge in [-0.2, -0.15) is 0 Å². The van der Waals surface area contributed by atoms with Crippen molar-refractivity contribution in [3.8, 4) is 5.75 Å². The molecule has 0 saturated carbocycles. The minimum Gasteiger partial charge on any atom is -0.492 e. The van der Waals surface area contributed by atoms with E-state index in [-0.39, 0.29) is 35.8 Å². The number of hydrogen-bond donors (Lipinski definition) is 2. The number of amides is 1. The van der Waals surface area contributed by atoms with Crippen LogP contribution in [0.5, 0.6) is 5.75 Å². The Morgan fingerprint density at radius 1 is 1.14 bits per heavy atom. The van der Waals surface area contributed by atoms with Gasteiger partial charge < -0.3 is 14.6 Å². The number of halogens is 1. The van der Waals surface area contributed by atoms with Crippen LogP contribution in [0.2, 0.25) is 0 Å². The Bertz CT molecular complexity index is 987. The first-order valence-corrected chi connectivity index (χ1v) is 9.74. The van der Waals surface area contributed by atoms with E-state index in [2.05, 4.69) is 14.9 Å². The monoisotopic (exact) mass is 402 g/mol. The normalized spacial score (nSPS) is 21.3. The maximum Gasteiger partial charge on any atom is 0.325 e. The van der Waals surface area contributed by atoms with Crippen molar-refractivity contribution < 1.29 is 13.9 Å². The molecule has 0 spiro atoms. The number of rotatable bonds is 6. The molecule has 0 aliphatic carbocycles. The van der Waals surface area contributed by atoms with Crippen LogP contribution in [0.1, 0.15) is 18.4 Å². The van der Waals surface area contributed by atoms with Gasteiger partial charge in [0.1, 0.15) is 18.2 Å². The maximum atomic E-state index is 13.0. The quantitative estimate of drug-likeness (QED) is 0.733. The number of H-pyrrole nitrogens is 2. The fourth-order valence-electron chi connectivity index (χ4n) is 4.31. The molecule has 4 rings (SSSR count). The zero-order valence-corrected chi connectivity index (χ0v) is 15.9. The van der Waals surface area contributed by atoms with Gasteiger partial charge in [-0.05, 0) is 37.1 Å². The summed E-state index contributed by atoms with van der Waals surface area (Å²) in [5.74, 6) is 0.246. The van der Waals surface area contributed by atoms with E-state index >= 15 is 0 Å². The highest BCUT2D eigenvalue weighted by atomic mass is 19.1. The van der Waals surface area contributed by atoms with Crippen molar-refractivity contribution in [2.75, 3.05) is 26.2 Å². The number of nitrogens with one attached hydrogen (secondary N) is 2. The van der Waals surface area contributed by atoms with E-state index in [1.54, 1.807) is 12.1 Å². The standard InChI is InChI=1S/C20H23FN4O4/c21-14-1-3-15(4-2-14)29-10-9-24-7-5-17-16(24)6-8-25(17)18(26)11-13-12-22-20(28)23-19(13)27/h1-4,12,16-17H,5-11H2,(H2,22,23,27,28)/t16-,17-/m0/s1. The Balaban J connectivity index is 1.31. The molecule has 2 aromatic rings. The predicted molar refractivity (Wildman–Crippen MR) is 103 cm³/mol. The van der Waals surface area contributed by atoms with Crippen molar-refractivity contribution in [3.05, 3.63) is 62.7 Å². The zero-order valence-electron chi connectivity index (χ0n) is 15.9. The summed E-state index contributed by atoms with van der Waals surface area (Å²) in [6, 6.07) is 6.37. The Labute approximate surface area is 166 Å². The minimum absolute atomic E-state index is 0.0248. The number of likely N-dealkylation sites (tertiary alicyclic amines) is 2. The van der Waals surface area contributed by atoms with Crippen LogP contribution >= 0.6 is 0 Å². The molecule has 2 N–H and O–H groups in total. The van der Waals surface area contributed by atoms with Gasteiger partial charge in [-0.3, -0.25) is 19.5 Å². The van der Waals surface area contributed by atoms with Crippen LogP contribution in [0.4, 0.5) is 4.39 Å². The molecular weight excluding hydrogens is 379 g/mol. The summed E-state index contributed by atoms with van der Waals surface area (Å²) in [5.41, 5.74) is -0.842. The molecule has 1 amide bonds. The van der Waals surface area contributed by atoms with E-state index in [1.807, 2.05) is 4.90 Å². The summed E-state index contributed by atoms with van der Waals surface area (Å²) < 4.78 is 18.6. The molecule has 29 heavy (non-hydrogen) atoms. The molecule has 9 heteroatoms. The third-order valence-corrected chi connectivity index (χ3v) is 5.71. The van der Waals surface area contributed by atoms with Crippen LogP contribution in [-0.2, 0) is 11.2 Å². The molecule has 0 bridgehead atoms. The van der Waals surface area contributed by atoms with Crippen LogP contribution in [0.15, 0.2) is 40.1 Å². The third-order valence-electron chi connectivity index (χ3n) is 5.71. The van der Waals surface area contributed by atoms with Gasteiger partial charge in [-0.1, -0.05) is 0 Å². The van der Waals surface area contributed by atoms with Crippen LogP contribution in [0, 0.1) is 5.82 Å². The molecule has 1 aromatic carbocycles. The first-order chi connectivity index (χ1) is 14.0. The van der Waals surface area contributed by atoms with Crippen LogP contribution in [0.25, 0.3) is 0 Å². The lowest BCUT2D eigenvalue weighted by atomic mass is 10.1. The SMILES string of the molecule is O=C(Cc1c[nH]c(=O)[nH]c1=O)N1CC[C@H]2[C@@H]1CCN2CCOc1ccc(F)cc1. The highest BCUT2D eigenvalue weighted by molar-refractivity contribution is 5.79. The molecule has 3 heterocycles. The molecule has 0 unspecified atom stereocenters. The molecule has 2 atom stereocenters. The van der Waals surface area contributed by atoms with Crippen molar-refractivity contribution in [1.82, 2.24) is 19.8 Å². The summed E-state index contributed by atoms with van der Waals surface area (Å²) >= 11 is 0. The van der Waals surface area contributed by atoms with Gasteiger partial charge >= 0.3 is 5.69 Å². The Hall–Kier alpha value is -2.94. The molecule has 2 saturated heterocycles. The number of carbonyl (C=O) groups is 1. The van der Waals surface area contributed by atoms with Gasteiger partial charge in [0.25, 0.3) is 5.56 Å². The van der Waals surface area contributed by atoms with Crippen LogP contribution < -0.4 is 16.0 Å². The molecule has 154 valence electrons. The number of aromatic amines is 2. The molecule has 2 fully saturated rings. The molecular formula is C20H23FN4O4. The van der Waals surface area contributed by atoms with Gasteiger partial charge in [-0.25, -0.2) is 9.18 Å².